The zero-order valence-electron chi connectivity index (χ0n) is 19.0. The van der Waals surface area contributed by atoms with E-state index >= 15 is 0 Å². The summed E-state index contributed by atoms with van der Waals surface area (Å²) in [5.74, 6) is 7.97. The molecule has 0 heterocycles. The highest BCUT2D eigenvalue weighted by molar-refractivity contribution is 5.38. The van der Waals surface area contributed by atoms with Crippen molar-refractivity contribution < 1.29 is 0 Å². The fourth-order valence-electron chi connectivity index (χ4n) is 4.43. The van der Waals surface area contributed by atoms with Crippen LogP contribution in [-0.2, 0) is 12.8 Å². The third-order valence-corrected chi connectivity index (χ3v) is 6.48. The van der Waals surface area contributed by atoms with Gasteiger partial charge in [-0.1, -0.05) is 81.0 Å². The Morgan fingerprint density at radius 1 is 0.767 bits per heavy atom. The molecule has 1 fully saturated rings. The van der Waals surface area contributed by atoms with Gasteiger partial charge in [0, 0.05) is 5.56 Å². The molecular weight excluding hydrogens is 360 g/mol. The SMILES string of the molecule is CCCCc1ccc(C#C/C=C/C2CCC(c3ccc(CCCC)cc3)CC2)cc1. The normalized spacial score (nSPS) is 18.9. The molecule has 0 spiro atoms. The molecule has 0 radical (unpaired) electrons. The van der Waals surface area contributed by atoms with Crippen molar-refractivity contribution in [2.45, 2.75) is 84.0 Å². The summed E-state index contributed by atoms with van der Waals surface area (Å²) in [6.45, 7) is 4.50. The molecule has 0 N–H and O–H groups in total. The van der Waals surface area contributed by atoms with Gasteiger partial charge in [-0.25, -0.2) is 0 Å². The van der Waals surface area contributed by atoms with Crippen LogP contribution in [0.5, 0.6) is 0 Å². The minimum absolute atomic E-state index is 0.691. The van der Waals surface area contributed by atoms with E-state index in [4.69, 9.17) is 0 Å². The molecule has 2 aromatic rings. The summed E-state index contributed by atoms with van der Waals surface area (Å²) < 4.78 is 0. The van der Waals surface area contributed by atoms with Crippen molar-refractivity contribution in [3.05, 3.63) is 82.9 Å². The summed E-state index contributed by atoms with van der Waals surface area (Å²) in [6.07, 6.45) is 17.1. The molecule has 0 heteroatoms. The lowest BCUT2D eigenvalue weighted by Gasteiger charge is -2.27. The number of benzene rings is 2. The number of allylic oxidation sites excluding steroid dienone is 2. The van der Waals surface area contributed by atoms with Gasteiger partial charge >= 0.3 is 0 Å². The van der Waals surface area contributed by atoms with Gasteiger partial charge in [0.05, 0.1) is 0 Å². The van der Waals surface area contributed by atoms with Crippen LogP contribution in [0, 0.1) is 17.8 Å². The number of rotatable bonds is 8. The molecule has 1 aliphatic rings. The van der Waals surface area contributed by atoms with Crippen molar-refractivity contribution in [3.63, 3.8) is 0 Å². The predicted molar refractivity (Wildman–Crippen MR) is 131 cm³/mol. The third kappa shape index (κ3) is 7.21. The molecule has 0 bridgehead atoms. The monoisotopic (exact) mass is 398 g/mol. The van der Waals surface area contributed by atoms with Gasteiger partial charge < -0.3 is 0 Å². The molecule has 0 unspecified atom stereocenters. The van der Waals surface area contributed by atoms with E-state index < -0.39 is 0 Å². The predicted octanol–water partition coefficient (Wildman–Crippen LogP) is 8.25. The summed E-state index contributed by atoms with van der Waals surface area (Å²) in [6, 6.07) is 18.2. The molecule has 0 atom stereocenters. The largest absolute Gasteiger partial charge is 0.0730 e. The maximum absolute atomic E-state index is 3.29. The Bertz CT molecular complexity index is 818. The maximum atomic E-state index is 3.29. The first-order valence-electron chi connectivity index (χ1n) is 12.1. The van der Waals surface area contributed by atoms with Gasteiger partial charge in [0.25, 0.3) is 0 Å². The molecule has 0 aliphatic heterocycles. The van der Waals surface area contributed by atoms with E-state index in [9.17, 15) is 0 Å². The molecule has 0 amide bonds. The van der Waals surface area contributed by atoms with E-state index in [0.29, 0.717) is 5.92 Å². The summed E-state index contributed by atoms with van der Waals surface area (Å²) in [5.41, 5.74) is 5.57. The highest BCUT2D eigenvalue weighted by atomic mass is 14.3. The second kappa shape index (κ2) is 12.4. The molecule has 0 nitrogen and oxygen atoms in total. The Labute approximate surface area is 184 Å². The van der Waals surface area contributed by atoms with Gasteiger partial charge in [-0.2, -0.15) is 0 Å². The molecule has 0 saturated heterocycles. The Morgan fingerprint density at radius 2 is 1.33 bits per heavy atom. The maximum Gasteiger partial charge on any atom is 0.0249 e. The Kier molecular flexibility index (Phi) is 9.30. The first-order chi connectivity index (χ1) is 14.8. The number of hydrogen-bond acceptors (Lipinski definition) is 0. The number of hydrogen-bond donors (Lipinski definition) is 0. The van der Waals surface area contributed by atoms with Crippen LogP contribution in [0.1, 0.15) is 93.4 Å². The fourth-order valence-corrected chi connectivity index (χ4v) is 4.43. The van der Waals surface area contributed by atoms with Crippen molar-refractivity contribution in [1.29, 1.82) is 0 Å². The average molecular weight is 399 g/mol. The van der Waals surface area contributed by atoms with E-state index in [1.807, 2.05) is 0 Å². The summed E-state index contributed by atoms with van der Waals surface area (Å²) in [7, 11) is 0. The standard InChI is InChI=1S/C30H38/c1-3-5-9-25-13-15-27(16-14-25)11-7-8-12-28-19-23-30(24-20-28)29-21-17-26(18-22-29)10-6-4-2/h8,12-18,21-22,28,30H,3-6,9-10,19-20,23-24H2,1-2H3/b12-8+. The molecule has 2 aromatic carbocycles. The van der Waals surface area contributed by atoms with Crippen molar-refractivity contribution in [1.82, 2.24) is 0 Å². The average Bonchev–Trinajstić information content (AvgIpc) is 2.81. The van der Waals surface area contributed by atoms with E-state index in [1.165, 1.54) is 75.3 Å². The van der Waals surface area contributed by atoms with Gasteiger partial charge in [0.2, 0.25) is 0 Å². The van der Waals surface area contributed by atoms with Gasteiger partial charge in [-0.05, 0) is 98.1 Å². The topological polar surface area (TPSA) is 0 Å². The van der Waals surface area contributed by atoms with Crippen LogP contribution in [0.2, 0.25) is 0 Å². The highest BCUT2D eigenvalue weighted by Gasteiger charge is 2.20. The molecule has 158 valence electrons. The van der Waals surface area contributed by atoms with Crippen molar-refractivity contribution in [3.8, 4) is 11.8 Å². The van der Waals surface area contributed by atoms with Gasteiger partial charge in [-0.3, -0.25) is 0 Å². The Hall–Kier alpha value is -2.26. The van der Waals surface area contributed by atoms with Crippen LogP contribution in [-0.4, -0.2) is 0 Å². The number of aryl methyl sites for hydroxylation is 2. The zero-order chi connectivity index (χ0) is 21.0. The van der Waals surface area contributed by atoms with Crippen molar-refractivity contribution in [2.75, 3.05) is 0 Å². The molecule has 0 aromatic heterocycles. The first-order valence-corrected chi connectivity index (χ1v) is 12.1. The second-order valence-electron chi connectivity index (χ2n) is 8.89. The second-order valence-corrected chi connectivity index (χ2v) is 8.89. The number of unbranched alkanes of at least 4 members (excludes halogenated alkanes) is 2. The quantitative estimate of drug-likeness (QED) is 0.393. The fraction of sp³-hybridized carbons (Fsp3) is 0.467. The summed E-state index contributed by atoms with van der Waals surface area (Å²) >= 11 is 0. The van der Waals surface area contributed by atoms with Crippen LogP contribution in [0.3, 0.4) is 0 Å². The molecule has 1 aliphatic carbocycles. The zero-order valence-corrected chi connectivity index (χ0v) is 19.0. The highest BCUT2D eigenvalue weighted by Crippen LogP contribution is 2.36. The first kappa shape index (κ1) is 22.4. The Morgan fingerprint density at radius 3 is 1.90 bits per heavy atom. The lowest BCUT2D eigenvalue weighted by atomic mass is 9.78. The molecular formula is C30H38. The van der Waals surface area contributed by atoms with Crippen LogP contribution >= 0.6 is 0 Å². The van der Waals surface area contributed by atoms with E-state index in [1.54, 1.807) is 5.56 Å². The minimum atomic E-state index is 0.691. The van der Waals surface area contributed by atoms with Crippen LogP contribution < -0.4 is 0 Å². The molecule has 1 saturated carbocycles. The smallest absolute Gasteiger partial charge is 0.0249 e. The van der Waals surface area contributed by atoms with E-state index in [-0.39, 0.29) is 0 Å². The van der Waals surface area contributed by atoms with Gasteiger partial charge in [0.15, 0.2) is 0 Å². The van der Waals surface area contributed by atoms with Crippen molar-refractivity contribution in [2.24, 2.45) is 5.92 Å². The summed E-state index contributed by atoms with van der Waals surface area (Å²) in [4.78, 5) is 0. The molecule has 30 heavy (non-hydrogen) atoms. The van der Waals surface area contributed by atoms with Crippen LogP contribution in [0.25, 0.3) is 0 Å². The van der Waals surface area contributed by atoms with Gasteiger partial charge in [-0.15, -0.1) is 0 Å². The van der Waals surface area contributed by atoms with Crippen molar-refractivity contribution >= 4 is 0 Å². The third-order valence-electron chi connectivity index (χ3n) is 6.48. The van der Waals surface area contributed by atoms with Gasteiger partial charge in [0.1, 0.15) is 0 Å². The minimum Gasteiger partial charge on any atom is -0.0730 e. The lowest BCUT2D eigenvalue weighted by molar-refractivity contribution is 0.376. The van der Waals surface area contributed by atoms with Crippen LogP contribution in [0.4, 0.5) is 0 Å². The van der Waals surface area contributed by atoms with E-state index in [0.717, 1.165) is 11.5 Å². The van der Waals surface area contributed by atoms with E-state index in [2.05, 4.69) is 86.4 Å². The molecule has 3 rings (SSSR count). The Balaban J connectivity index is 1.43. The lowest BCUT2D eigenvalue weighted by Crippen LogP contribution is -2.11. The van der Waals surface area contributed by atoms with Crippen LogP contribution in [0.15, 0.2) is 60.7 Å². The summed E-state index contributed by atoms with van der Waals surface area (Å²) in [5, 5.41) is 0.